The van der Waals surface area contributed by atoms with Gasteiger partial charge in [-0.3, -0.25) is 4.90 Å². The number of thiophene rings is 1. The van der Waals surface area contributed by atoms with Crippen LogP contribution < -0.4 is 5.73 Å². The van der Waals surface area contributed by atoms with Crippen LogP contribution in [0.1, 0.15) is 29.7 Å². The number of hydrogen-bond acceptors (Lipinski definition) is 3. The molecule has 1 aliphatic rings. The number of nitrogens with zero attached hydrogens (tertiary/aromatic N) is 1. The molecule has 1 aromatic carbocycles. The van der Waals surface area contributed by atoms with Crippen molar-refractivity contribution in [1.29, 1.82) is 0 Å². The lowest BCUT2D eigenvalue weighted by molar-refractivity contribution is 0.193. The molecule has 0 saturated heterocycles. The van der Waals surface area contributed by atoms with Crippen molar-refractivity contribution in [3.05, 3.63) is 50.7 Å². The van der Waals surface area contributed by atoms with E-state index in [2.05, 4.69) is 29.3 Å². The van der Waals surface area contributed by atoms with Gasteiger partial charge in [-0.15, -0.1) is 11.3 Å². The molecule has 0 fully saturated rings. The highest BCUT2D eigenvalue weighted by Gasteiger charge is 2.23. The number of halogens is 1. The van der Waals surface area contributed by atoms with Gasteiger partial charge in [0.2, 0.25) is 0 Å². The molecule has 2 aromatic rings. The maximum atomic E-state index is 6.04. The van der Waals surface area contributed by atoms with Crippen molar-refractivity contribution in [2.45, 2.75) is 25.9 Å². The van der Waals surface area contributed by atoms with Gasteiger partial charge in [0.05, 0.1) is 4.34 Å². The Bertz CT molecular complexity index is 594. The van der Waals surface area contributed by atoms with Crippen molar-refractivity contribution in [2.24, 2.45) is 0 Å². The van der Waals surface area contributed by atoms with E-state index in [-0.39, 0.29) is 0 Å². The molecule has 100 valence electrons. The maximum Gasteiger partial charge on any atom is 0.0931 e. The molecule has 2 nitrogen and oxygen atoms in total. The Labute approximate surface area is 122 Å². The number of anilines is 1. The highest BCUT2D eigenvalue weighted by atomic mass is 35.5. The first-order chi connectivity index (χ1) is 9.15. The number of hydrogen-bond donors (Lipinski definition) is 1. The second kappa shape index (κ2) is 5.16. The average molecular weight is 293 g/mol. The zero-order valence-electron chi connectivity index (χ0n) is 10.9. The Balaban J connectivity index is 1.82. The van der Waals surface area contributed by atoms with Gasteiger partial charge in [-0.1, -0.05) is 23.7 Å². The molecule has 0 bridgehead atoms. The molecule has 1 unspecified atom stereocenters. The summed E-state index contributed by atoms with van der Waals surface area (Å²) in [5.74, 6) is 0. The minimum absolute atomic E-state index is 0.401. The molecule has 0 saturated carbocycles. The molecule has 0 spiro atoms. The molecule has 2 heterocycles. The maximum absolute atomic E-state index is 6.04. The Morgan fingerprint density at radius 1 is 1.42 bits per heavy atom. The standard InChI is InChI=1S/C15H17ClN2S/c1-10(12-7-15(16)19-9-12)18-6-5-13-11(8-18)3-2-4-14(13)17/h2-4,7,9-10H,5-6,8,17H2,1H3. The second-order valence-corrected chi connectivity index (χ2v) is 6.61. The van der Waals surface area contributed by atoms with Crippen LogP contribution in [0.25, 0.3) is 0 Å². The predicted octanol–water partition coefficient (Wildman–Crippen LogP) is 4.10. The van der Waals surface area contributed by atoms with Gasteiger partial charge in [-0.25, -0.2) is 0 Å². The van der Waals surface area contributed by atoms with Crippen LogP contribution in [0.4, 0.5) is 5.69 Å². The van der Waals surface area contributed by atoms with Gasteiger partial charge in [-0.2, -0.15) is 0 Å². The average Bonchev–Trinajstić information content (AvgIpc) is 2.84. The number of benzene rings is 1. The molecule has 1 aliphatic heterocycles. The first-order valence-electron chi connectivity index (χ1n) is 6.49. The summed E-state index contributed by atoms with van der Waals surface area (Å²) in [6, 6.07) is 8.70. The smallest absolute Gasteiger partial charge is 0.0931 e. The fraction of sp³-hybridized carbons (Fsp3) is 0.333. The fourth-order valence-electron chi connectivity index (χ4n) is 2.74. The zero-order chi connectivity index (χ0) is 13.4. The topological polar surface area (TPSA) is 29.3 Å². The fourth-order valence-corrected chi connectivity index (χ4v) is 3.72. The second-order valence-electron chi connectivity index (χ2n) is 5.07. The summed E-state index contributed by atoms with van der Waals surface area (Å²) in [7, 11) is 0. The van der Waals surface area contributed by atoms with Crippen molar-refractivity contribution in [3.8, 4) is 0 Å². The van der Waals surface area contributed by atoms with Crippen molar-refractivity contribution in [3.63, 3.8) is 0 Å². The SMILES string of the molecule is CC(c1csc(Cl)c1)N1CCc2c(N)cccc2C1. The Morgan fingerprint density at radius 2 is 2.26 bits per heavy atom. The summed E-state index contributed by atoms with van der Waals surface area (Å²) < 4.78 is 0.864. The molecular formula is C15H17ClN2S. The molecule has 19 heavy (non-hydrogen) atoms. The third-order valence-electron chi connectivity index (χ3n) is 3.95. The molecule has 0 radical (unpaired) electrons. The third-order valence-corrected chi connectivity index (χ3v) is 5.06. The van der Waals surface area contributed by atoms with E-state index >= 15 is 0 Å². The van der Waals surface area contributed by atoms with Crippen LogP contribution in [-0.4, -0.2) is 11.4 Å². The Kier molecular flexibility index (Phi) is 3.52. The molecule has 2 N–H and O–H groups in total. The van der Waals surface area contributed by atoms with E-state index in [0.717, 1.165) is 29.5 Å². The van der Waals surface area contributed by atoms with Crippen LogP contribution in [-0.2, 0) is 13.0 Å². The van der Waals surface area contributed by atoms with E-state index in [1.54, 1.807) is 11.3 Å². The summed E-state index contributed by atoms with van der Waals surface area (Å²) in [6.07, 6.45) is 1.03. The number of nitrogens with two attached hydrogens (primary N) is 1. The van der Waals surface area contributed by atoms with Crippen LogP contribution in [0, 0.1) is 0 Å². The molecule has 0 aliphatic carbocycles. The third kappa shape index (κ3) is 2.50. The lowest BCUT2D eigenvalue weighted by Crippen LogP contribution is -2.33. The largest absolute Gasteiger partial charge is 0.398 e. The van der Waals surface area contributed by atoms with Gasteiger partial charge in [0.25, 0.3) is 0 Å². The van der Waals surface area contributed by atoms with Crippen LogP contribution in [0.2, 0.25) is 4.34 Å². The van der Waals surface area contributed by atoms with Crippen molar-refractivity contribution in [2.75, 3.05) is 12.3 Å². The zero-order valence-corrected chi connectivity index (χ0v) is 12.5. The van der Waals surface area contributed by atoms with Gasteiger partial charge in [0, 0.05) is 24.8 Å². The monoisotopic (exact) mass is 292 g/mol. The van der Waals surface area contributed by atoms with E-state index in [4.69, 9.17) is 17.3 Å². The molecule has 1 aromatic heterocycles. The quantitative estimate of drug-likeness (QED) is 0.844. The summed E-state index contributed by atoms with van der Waals surface area (Å²) >= 11 is 7.63. The van der Waals surface area contributed by atoms with E-state index in [0.29, 0.717) is 6.04 Å². The lowest BCUT2D eigenvalue weighted by atomic mass is 9.96. The normalized spacial score (nSPS) is 17.2. The highest BCUT2D eigenvalue weighted by molar-refractivity contribution is 7.14. The van der Waals surface area contributed by atoms with Gasteiger partial charge in [0.15, 0.2) is 0 Å². The minimum atomic E-state index is 0.401. The highest BCUT2D eigenvalue weighted by Crippen LogP contribution is 2.32. The van der Waals surface area contributed by atoms with Gasteiger partial charge in [-0.05, 0) is 47.5 Å². The van der Waals surface area contributed by atoms with Crippen molar-refractivity contribution >= 4 is 28.6 Å². The lowest BCUT2D eigenvalue weighted by Gasteiger charge is -2.34. The van der Waals surface area contributed by atoms with Crippen LogP contribution in [0.5, 0.6) is 0 Å². The van der Waals surface area contributed by atoms with Gasteiger partial charge >= 0.3 is 0 Å². The van der Waals surface area contributed by atoms with Crippen LogP contribution >= 0.6 is 22.9 Å². The predicted molar refractivity (Wildman–Crippen MR) is 82.7 cm³/mol. The summed E-state index contributed by atoms with van der Waals surface area (Å²) in [4.78, 5) is 2.49. The molecule has 3 rings (SSSR count). The van der Waals surface area contributed by atoms with Gasteiger partial charge < -0.3 is 5.73 Å². The van der Waals surface area contributed by atoms with Crippen molar-refractivity contribution < 1.29 is 0 Å². The summed E-state index contributed by atoms with van der Waals surface area (Å²) in [5.41, 5.74) is 11.0. The Morgan fingerprint density at radius 3 is 3.00 bits per heavy atom. The molecule has 0 amide bonds. The number of fused-ring (bicyclic) bond motifs is 1. The summed E-state index contributed by atoms with van der Waals surface area (Å²) in [5, 5.41) is 2.15. The summed E-state index contributed by atoms with van der Waals surface area (Å²) in [6.45, 7) is 4.26. The van der Waals surface area contributed by atoms with Crippen LogP contribution in [0.15, 0.2) is 29.6 Å². The van der Waals surface area contributed by atoms with Crippen LogP contribution in [0.3, 0.4) is 0 Å². The molecular weight excluding hydrogens is 276 g/mol. The number of nitrogen functional groups attached to an aromatic ring is 1. The van der Waals surface area contributed by atoms with E-state index in [1.807, 2.05) is 12.1 Å². The van der Waals surface area contributed by atoms with Crippen molar-refractivity contribution in [1.82, 2.24) is 4.90 Å². The van der Waals surface area contributed by atoms with E-state index in [1.165, 1.54) is 16.7 Å². The molecule has 4 heteroatoms. The van der Waals surface area contributed by atoms with E-state index in [9.17, 15) is 0 Å². The molecule has 1 atom stereocenters. The number of rotatable bonds is 2. The minimum Gasteiger partial charge on any atom is -0.398 e. The first kappa shape index (κ1) is 13.0. The van der Waals surface area contributed by atoms with E-state index < -0.39 is 0 Å². The first-order valence-corrected chi connectivity index (χ1v) is 7.75. The van der Waals surface area contributed by atoms with Gasteiger partial charge in [0.1, 0.15) is 0 Å². The Hall–Kier alpha value is -1.03.